The molecule has 2 aliphatic rings. The quantitative estimate of drug-likeness (QED) is 0.899. The van der Waals surface area contributed by atoms with Crippen molar-refractivity contribution in [3.05, 3.63) is 17.7 Å². The third-order valence-corrected chi connectivity index (χ3v) is 5.23. The first-order valence-corrected chi connectivity index (χ1v) is 9.20. The molecule has 3 heterocycles. The van der Waals surface area contributed by atoms with Crippen molar-refractivity contribution in [1.82, 2.24) is 19.8 Å². The van der Waals surface area contributed by atoms with E-state index in [1.807, 2.05) is 0 Å². The van der Waals surface area contributed by atoms with E-state index < -0.39 is 0 Å². The van der Waals surface area contributed by atoms with E-state index in [-0.39, 0.29) is 29.8 Å². The fraction of sp³-hybridized carbons (Fsp3) is 0.688. The van der Waals surface area contributed by atoms with Crippen LogP contribution in [0.1, 0.15) is 38.7 Å². The molecule has 1 unspecified atom stereocenters. The molecule has 3 rings (SSSR count). The molecule has 6 nitrogen and oxygen atoms in total. The van der Waals surface area contributed by atoms with Crippen molar-refractivity contribution in [3.63, 3.8) is 0 Å². The molecule has 1 aromatic heterocycles. The molecular weight excluding hydrogens is 312 g/mol. The standard InChI is InChI=1S/C16H24N4O2S/c1-16(2,3)12-7-19-6-11(4-5-13(19)18-12)17-14(21)8-20-10-23-9-15(20)22/h7,11H,4-6,8-10H2,1-3H3,(H,17,21). The lowest BCUT2D eigenvalue weighted by molar-refractivity contribution is -0.132. The lowest BCUT2D eigenvalue weighted by Gasteiger charge is -2.25. The van der Waals surface area contributed by atoms with Crippen LogP contribution < -0.4 is 5.32 Å². The maximum atomic E-state index is 12.2. The number of nitrogens with one attached hydrogen (secondary N) is 1. The van der Waals surface area contributed by atoms with Crippen molar-refractivity contribution in [2.24, 2.45) is 0 Å². The van der Waals surface area contributed by atoms with Gasteiger partial charge in [0.05, 0.1) is 17.3 Å². The summed E-state index contributed by atoms with van der Waals surface area (Å²) in [5.74, 6) is 2.21. The lowest BCUT2D eigenvalue weighted by Crippen LogP contribution is -2.45. The number of hydrogen-bond acceptors (Lipinski definition) is 4. The van der Waals surface area contributed by atoms with Crippen molar-refractivity contribution < 1.29 is 9.59 Å². The minimum absolute atomic E-state index is 0.0386. The zero-order valence-electron chi connectivity index (χ0n) is 14.0. The average molecular weight is 336 g/mol. The van der Waals surface area contributed by atoms with Gasteiger partial charge in [-0.25, -0.2) is 4.98 Å². The minimum atomic E-state index is -0.0644. The Bertz CT molecular complexity index is 620. The van der Waals surface area contributed by atoms with Crippen molar-refractivity contribution >= 4 is 23.6 Å². The van der Waals surface area contributed by atoms with Gasteiger partial charge in [-0.2, -0.15) is 0 Å². The SMILES string of the molecule is CC(C)(C)c1cn2c(n1)CCC(NC(=O)CN1CSCC1=O)C2. The summed E-state index contributed by atoms with van der Waals surface area (Å²) in [6.07, 6.45) is 3.88. The number of imidazole rings is 1. The highest BCUT2D eigenvalue weighted by molar-refractivity contribution is 8.00. The van der Waals surface area contributed by atoms with Crippen molar-refractivity contribution in [2.75, 3.05) is 18.2 Å². The molecule has 0 radical (unpaired) electrons. The number of carbonyl (C=O) groups is 2. The van der Waals surface area contributed by atoms with Gasteiger partial charge in [0.25, 0.3) is 0 Å². The molecule has 1 atom stereocenters. The summed E-state index contributed by atoms with van der Waals surface area (Å²) in [5, 5.41) is 3.06. The van der Waals surface area contributed by atoms with E-state index in [0.29, 0.717) is 11.6 Å². The zero-order chi connectivity index (χ0) is 16.6. The Hall–Kier alpha value is -1.50. The van der Waals surface area contributed by atoms with Crippen LogP contribution in [0.4, 0.5) is 0 Å². The van der Waals surface area contributed by atoms with E-state index >= 15 is 0 Å². The molecule has 1 N–H and O–H groups in total. The van der Waals surface area contributed by atoms with E-state index in [0.717, 1.165) is 30.9 Å². The first-order valence-electron chi connectivity index (χ1n) is 8.04. The number of rotatable bonds is 3. The number of thioether (sulfide) groups is 1. The second-order valence-electron chi connectivity index (χ2n) is 7.32. The molecule has 7 heteroatoms. The number of nitrogens with zero attached hydrogens (tertiary/aromatic N) is 3. The summed E-state index contributed by atoms with van der Waals surface area (Å²) in [6, 6.07) is 0.113. The highest BCUT2D eigenvalue weighted by Crippen LogP contribution is 2.24. The Morgan fingerprint density at radius 1 is 1.48 bits per heavy atom. The smallest absolute Gasteiger partial charge is 0.239 e. The first-order chi connectivity index (χ1) is 10.8. The van der Waals surface area contributed by atoms with Gasteiger partial charge in [-0.3, -0.25) is 9.59 Å². The molecule has 0 bridgehead atoms. The third-order valence-electron chi connectivity index (χ3n) is 4.29. The van der Waals surface area contributed by atoms with Crippen LogP contribution in [0.15, 0.2) is 6.20 Å². The first kappa shape index (κ1) is 16.4. The van der Waals surface area contributed by atoms with Gasteiger partial charge in [-0.1, -0.05) is 20.8 Å². The summed E-state index contributed by atoms with van der Waals surface area (Å²) in [4.78, 5) is 30.1. The molecule has 1 saturated heterocycles. The zero-order valence-corrected chi connectivity index (χ0v) is 14.8. The molecule has 0 aromatic carbocycles. The lowest BCUT2D eigenvalue weighted by atomic mass is 9.93. The molecule has 1 aromatic rings. The fourth-order valence-electron chi connectivity index (χ4n) is 2.91. The number of fused-ring (bicyclic) bond motifs is 1. The molecule has 0 saturated carbocycles. The van der Waals surface area contributed by atoms with Crippen LogP contribution in [0.25, 0.3) is 0 Å². The Kier molecular flexibility index (Phi) is 4.40. The largest absolute Gasteiger partial charge is 0.350 e. The predicted molar refractivity (Wildman–Crippen MR) is 90.2 cm³/mol. The van der Waals surface area contributed by atoms with Gasteiger partial charge in [0.2, 0.25) is 11.8 Å². The number of carbonyl (C=O) groups excluding carboxylic acids is 2. The van der Waals surface area contributed by atoms with Crippen molar-refractivity contribution in [3.8, 4) is 0 Å². The van der Waals surface area contributed by atoms with Gasteiger partial charge in [-0.05, 0) is 6.42 Å². The topological polar surface area (TPSA) is 67.2 Å². The third kappa shape index (κ3) is 3.71. The predicted octanol–water partition coefficient (Wildman–Crippen LogP) is 1.14. The van der Waals surface area contributed by atoms with Crippen LogP contribution in [0.3, 0.4) is 0 Å². The van der Waals surface area contributed by atoms with E-state index in [1.54, 1.807) is 16.7 Å². The van der Waals surface area contributed by atoms with Crippen molar-refractivity contribution in [2.45, 2.75) is 51.6 Å². The number of aromatic nitrogens is 2. The van der Waals surface area contributed by atoms with Gasteiger partial charge in [0.15, 0.2) is 0 Å². The monoisotopic (exact) mass is 336 g/mol. The molecule has 126 valence electrons. The molecule has 0 spiro atoms. The van der Waals surface area contributed by atoms with Crippen LogP contribution >= 0.6 is 11.8 Å². The number of hydrogen-bond donors (Lipinski definition) is 1. The highest BCUT2D eigenvalue weighted by atomic mass is 32.2. The molecule has 23 heavy (non-hydrogen) atoms. The summed E-state index contributed by atoms with van der Waals surface area (Å²) >= 11 is 1.56. The van der Waals surface area contributed by atoms with Gasteiger partial charge >= 0.3 is 0 Å². The van der Waals surface area contributed by atoms with E-state index in [9.17, 15) is 9.59 Å². The maximum absolute atomic E-state index is 12.2. The van der Waals surface area contributed by atoms with Crippen LogP contribution in [0, 0.1) is 0 Å². The molecule has 1 fully saturated rings. The average Bonchev–Trinajstić information content (AvgIpc) is 3.05. The Morgan fingerprint density at radius 3 is 2.91 bits per heavy atom. The van der Waals surface area contributed by atoms with Gasteiger partial charge in [-0.15, -0.1) is 11.8 Å². The van der Waals surface area contributed by atoms with Gasteiger partial charge in [0.1, 0.15) is 12.4 Å². The van der Waals surface area contributed by atoms with Gasteiger partial charge in [0, 0.05) is 30.6 Å². The number of aryl methyl sites for hydroxylation is 1. The van der Waals surface area contributed by atoms with Gasteiger partial charge < -0.3 is 14.8 Å². The van der Waals surface area contributed by atoms with E-state index in [2.05, 4.69) is 36.9 Å². The maximum Gasteiger partial charge on any atom is 0.239 e. The second kappa shape index (κ2) is 6.19. The van der Waals surface area contributed by atoms with Crippen LogP contribution in [-0.2, 0) is 28.0 Å². The summed E-state index contributed by atoms with van der Waals surface area (Å²) in [5.41, 5.74) is 1.14. The van der Waals surface area contributed by atoms with Crippen molar-refractivity contribution in [1.29, 1.82) is 0 Å². The minimum Gasteiger partial charge on any atom is -0.350 e. The number of amides is 2. The summed E-state index contributed by atoms with van der Waals surface area (Å²) in [6.45, 7) is 7.40. The highest BCUT2D eigenvalue weighted by Gasteiger charge is 2.27. The summed E-state index contributed by atoms with van der Waals surface area (Å²) in [7, 11) is 0. The Balaban J connectivity index is 1.58. The Morgan fingerprint density at radius 2 is 2.26 bits per heavy atom. The van der Waals surface area contributed by atoms with Crippen LogP contribution in [0.5, 0.6) is 0 Å². The molecule has 2 amide bonds. The van der Waals surface area contributed by atoms with Crippen LogP contribution in [0.2, 0.25) is 0 Å². The fourth-order valence-corrected chi connectivity index (χ4v) is 3.81. The Labute approximate surface area is 141 Å². The normalized spacial score (nSPS) is 21.4. The molecule has 2 aliphatic heterocycles. The molecule has 0 aliphatic carbocycles. The van der Waals surface area contributed by atoms with Crippen LogP contribution in [-0.4, -0.2) is 50.5 Å². The second-order valence-corrected chi connectivity index (χ2v) is 8.27. The van der Waals surface area contributed by atoms with E-state index in [4.69, 9.17) is 4.98 Å². The van der Waals surface area contributed by atoms with E-state index in [1.165, 1.54) is 0 Å². The summed E-state index contributed by atoms with van der Waals surface area (Å²) < 4.78 is 2.16. The molecular formula is C16H24N4O2S.